The Balaban J connectivity index is 0.000000178. The number of methoxy groups -OCH3 is 1. The van der Waals surface area contributed by atoms with Gasteiger partial charge in [0.05, 0.1) is 44.6 Å². The van der Waals surface area contributed by atoms with Crippen molar-refractivity contribution in [2.24, 2.45) is 0 Å². The maximum Gasteiger partial charge on any atom is 0.289 e. The second kappa shape index (κ2) is 33.2. The van der Waals surface area contributed by atoms with Crippen LogP contribution in [-0.2, 0) is 30.5 Å². The highest BCUT2D eigenvalue weighted by molar-refractivity contribution is 7.97. The predicted molar refractivity (Wildman–Crippen MR) is 340 cm³/mol. The molecule has 0 radical (unpaired) electrons. The van der Waals surface area contributed by atoms with Gasteiger partial charge in [0.25, 0.3) is 11.8 Å². The van der Waals surface area contributed by atoms with Crippen LogP contribution in [0, 0.1) is 0 Å². The highest BCUT2D eigenvalue weighted by Gasteiger charge is 2.47. The van der Waals surface area contributed by atoms with Gasteiger partial charge in [-0.3, -0.25) is 23.3 Å². The van der Waals surface area contributed by atoms with Gasteiger partial charge < -0.3 is 91.3 Å². The number of carbonyl (C=O) groups is 2. The van der Waals surface area contributed by atoms with E-state index < -0.39 is 98.6 Å². The van der Waals surface area contributed by atoms with E-state index in [4.69, 9.17) is 18.9 Å². The number of rotatable bonds is 27. The lowest BCUT2D eigenvalue weighted by Crippen LogP contribution is -2.36. The molecule has 7 aromatic rings. The fourth-order valence-corrected chi connectivity index (χ4v) is 11.3. The summed E-state index contributed by atoms with van der Waals surface area (Å²) < 4.78 is 26.5. The largest absolute Gasteiger partial charge is 0.394 e. The molecule has 0 saturated carbocycles. The van der Waals surface area contributed by atoms with E-state index in [-0.39, 0.29) is 29.6 Å². The number of benzene rings is 1. The molecule has 12 atom stereocenters. The molecule has 0 unspecified atom stereocenters. The van der Waals surface area contributed by atoms with Crippen LogP contribution < -0.4 is 26.6 Å². The molecule has 33 heteroatoms. The first-order valence-electron chi connectivity index (χ1n) is 29.9. The molecular weight excluding hydrogens is 1220 g/mol. The minimum absolute atomic E-state index is 0.0520. The first kappa shape index (κ1) is 70.1. The number of likely N-dealkylation sites (N-methyl/N-ethyl adjacent to an activating group) is 1. The van der Waals surface area contributed by atoms with Crippen molar-refractivity contribution in [3.8, 4) is 0 Å². The number of imidazole rings is 3. The molecule has 0 bridgehead atoms. The summed E-state index contributed by atoms with van der Waals surface area (Å²) in [5.74, 6) is 2.32. The average Bonchev–Trinajstić information content (AvgIpc) is 1.64. The van der Waals surface area contributed by atoms with Crippen LogP contribution in [0.1, 0.15) is 78.0 Å². The van der Waals surface area contributed by atoms with Crippen LogP contribution in [0.4, 0.5) is 17.5 Å². The van der Waals surface area contributed by atoms with E-state index in [2.05, 4.69) is 115 Å². The first-order valence-corrected chi connectivity index (χ1v) is 31.0. The molecule has 0 aliphatic carbocycles. The van der Waals surface area contributed by atoms with Gasteiger partial charge in [0.15, 0.2) is 69.6 Å². The Morgan fingerprint density at radius 3 is 1.53 bits per heavy atom. The number of allylic oxidation sites excluding steroid dienone is 3. The zero-order valence-corrected chi connectivity index (χ0v) is 52.7. The van der Waals surface area contributed by atoms with Crippen molar-refractivity contribution in [1.82, 2.24) is 74.1 Å². The minimum Gasteiger partial charge on any atom is -0.394 e. The van der Waals surface area contributed by atoms with Gasteiger partial charge >= 0.3 is 0 Å². The third-order valence-corrected chi connectivity index (χ3v) is 16.3. The fraction of sp³-hybridized carbons (Fsp3) is 0.508. The topological polar surface area (TPSA) is 427 Å². The van der Waals surface area contributed by atoms with Crippen molar-refractivity contribution in [3.63, 3.8) is 0 Å². The summed E-state index contributed by atoms with van der Waals surface area (Å²) in [6.07, 6.45) is -1.62. The molecule has 498 valence electrons. The number of fused-ring (bicyclic) bond motifs is 3. The lowest BCUT2D eigenvalue weighted by Gasteiger charge is -2.19. The van der Waals surface area contributed by atoms with Gasteiger partial charge in [-0.05, 0) is 37.1 Å². The molecule has 3 fully saturated rings. The summed E-state index contributed by atoms with van der Waals surface area (Å²) in [6, 6.07) is 10.2. The highest BCUT2D eigenvalue weighted by atomic mass is 32.2. The van der Waals surface area contributed by atoms with E-state index in [1.165, 1.54) is 34.5 Å². The molecule has 13 N–H and O–H groups in total. The molecule has 9 heterocycles. The molecule has 3 saturated heterocycles. The fourth-order valence-electron chi connectivity index (χ4n) is 10.4. The number of amides is 2. The van der Waals surface area contributed by atoms with Crippen LogP contribution >= 0.6 is 11.8 Å². The van der Waals surface area contributed by atoms with Crippen LogP contribution in [0.25, 0.3) is 33.5 Å². The number of carbonyl (C=O) groups excluding carboxylic acids is 2. The number of thioether (sulfide) groups is 1. The van der Waals surface area contributed by atoms with E-state index in [0.29, 0.717) is 70.7 Å². The number of nitrogens with zero attached hydrogens (tertiary/aromatic N) is 13. The summed E-state index contributed by atoms with van der Waals surface area (Å²) in [4.78, 5) is 66.9. The molecular formula is C59H82N18O14S. The molecule has 2 amide bonds. The monoisotopic (exact) mass is 1300 g/mol. The second-order valence-corrected chi connectivity index (χ2v) is 22.3. The zero-order valence-electron chi connectivity index (χ0n) is 51.9. The molecule has 10 rings (SSSR count). The van der Waals surface area contributed by atoms with Crippen molar-refractivity contribution < 1.29 is 69.4 Å². The van der Waals surface area contributed by atoms with Crippen LogP contribution in [0.2, 0.25) is 0 Å². The second-order valence-electron chi connectivity index (χ2n) is 21.3. The Hall–Kier alpha value is -7.74. The number of hydrogen-bond acceptors (Lipinski definition) is 28. The smallest absolute Gasteiger partial charge is 0.289 e. The number of aromatic nitrogens is 12. The lowest BCUT2D eigenvalue weighted by molar-refractivity contribution is -0.0580. The van der Waals surface area contributed by atoms with Gasteiger partial charge in [0.1, 0.15) is 60.8 Å². The summed E-state index contributed by atoms with van der Waals surface area (Å²) in [7, 11) is 6.58. The van der Waals surface area contributed by atoms with E-state index >= 15 is 0 Å². The third kappa shape index (κ3) is 16.0. The van der Waals surface area contributed by atoms with E-state index in [0.717, 1.165) is 37.4 Å². The van der Waals surface area contributed by atoms with Crippen molar-refractivity contribution in [2.75, 3.05) is 96.7 Å². The van der Waals surface area contributed by atoms with Crippen molar-refractivity contribution >= 4 is 74.5 Å². The van der Waals surface area contributed by atoms with Gasteiger partial charge in [-0.25, -0.2) is 44.9 Å². The van der Waals surface area contributed by atoms with Crippen molar-refractivity contribution in [3.05, 3.63) is 109 Å². The van der Waals surface area contributed by atoms with Crippen LogP contribution in [0.5, 0.6) is 0 Å². The molecule has 3 aliphatic heterocycles. The van der Waals surface area contributed by atoms with E-state index in [9.17, 15) is 50.4 Å². The van der Waals surface area contributed by atoms with Crippen molar-refractivity contribution in [2.45, 2.75) is 112 Å². The Labute approximate surface area is 533 Å². The Bertz CT molecular complexity index is 3620. The quantitative estimate of drug-likeness (QED) is 0.0310. The Morgan fingerprint density at radius 1 is 0.630 bits per heavy atom. The normalized spacial score (nSPS) is 23.7. The van der Waals surface area contributed by atoms with Crippen LogP contribution in [-0.4, -0.2) is 252 Å². The van der Waals surface area contributed by atoms with Gasteiger partial charge in [-0.1, -0.05) is 75.6 Å². The standard InChI is InChI=1S/C20H26N6O5.C20H25N5O4S.C19H31N7O5/c1-4-6-11(5-2)7-8-22-19(30)17-24-16(21-3)13-18(25-17)26(10-23-13)20-15(29)14(28)12(9-27)31-20;1-21-18-15-19(24-14(23-18)10-30-9-12-6-4-3-5-7-12)25(11-22-15)20-17(27)16(26)13(29-20)8-28-2;1-4-7-25(5-2)8-6-21-18(30)16-23-15(20-3)12-17(24-16)26(10-22-12)19-14(29)13(28)11(9-27)31-19/h4-6,10,12,14-15,20,27-29H,1-2,7-9H2,3H3,(H,22,30)(H,21,24,25);3-7,11,13,16-17,20,26-27H,8-10H2,1-2H3,(H,21,23,24);10-11,13-14,19,27-29H,4-9H2,1-3H3,(H,21,30)(H,20,23,24)/b11-6+;;/t12-,14-,15-,20-;13-,16-,17-,20-;11-,13-,14-,19-/m111/s1. The summed E-state index contributed by atoms with van der Waals surface area (Å²) in [5, 5.41) is 94.7. The SMILES string of the molecule is C=C/C=C(\C=C)CCNC(=O)c1nc(NC)c2ncn([C@@H]3O[C@H](CO)[C@@H](O)[C@H]3O)c2n1.CCCN(CC)CCNC(=O)c1nc(NC)c2ncn([C@@H]3O[C@H](CO)[C@@H](O)[C@H]3O)c2n1.CNc1nc(CSCc2ccccc2)nc2c1ncn2[C@@H]1O[C@H](COC)[C@@H](O)[C@H]1O. The van der Waals surface area contributed by atoms with Gasteiger partial charge in [0, 0.05) is 53.6 Å². The molecule has 1 aromatic carbocycles. The minimum atomic E-state index is -1.31. The maximum absolute atomic E-state index is 12.7. The summed E-state index contributed by atoms with van der Waals surface area (Å²) in [6.45, 7) is 14.2. The van der Waals surface area contributed by atoms with Crippen LogP contribution in [0.15, 0.2) is 86.3 Å². The summed E-state index contributed by atoms with van der Waals surface area (Å²) in [5.41, 5.74) is 4.52. The molecule has 32 nitrogen and oxygen atoms in total. The number of aliphatic hydroxyl groups excluding tert-OH is 8. The number of anilines is 3. The number of aliphatic hydroxyl groups is 8. The Morgan fingerprint density at radius 2 is 1.10 bits per heavy atom. The molecule has 6 aromatic heterocycles. The molecule has 92 heavy (non-hydrogen) atoms. The van der Waals surface area contributed by atoms with E-state index in [1.54, 1.807) is 62.0 Å². The first-order chi connectivity index (χ1) is 44.5. The third-order valence-electron chi connectivity index (χ3n) is 15.3. The predicted octanol–water partition coefficient (Wildman–Crippen LogP) is 0.406. The highest BCUT2D eigenvalue weighted by Crippen LogP contribution is 2.36. The van der Waals surface area contributed by atoms with Crippen molar-refractivity contribution in [1.29, 1.82) is 0 Å². The number of nitrogens with one attached hydrogen (secondary N) is 5. The average molecular weight is 1300 g/mol. The van der Waals surface area contributed by atoms with Gasteiger partial charge in [-0.15, -0.1) is 11.8 Å². The maximum atomic E-state index is 12.7. The zero-order chi connectivity index (χ0) is 66.2. The molecule has 3 aliphatic rings. The number of hydrogen-bond donors (Lipinski definition) is 13. The van der Waals surface area contributed by atoms with Gasteiger partial charge in [-0.2, -0.15) is 0 Å². The summed E-state index contributed by atoms with van der Waals surface area (Å²) >= 11 is 1.72. The van der Waals surface area contributed by atoms with Gasteiger partial charge in [0.2, 0.25) is 11.6 Å². The Kier molecular flexibility index (Phi) is 25.3. The lowest BCUT2D eigenvalue weighted by atomic mass is 10.1. The molecule has 0 spiro atoms. The number of ether oxygens (including phenoxy) is 4. The van der Waals surface area contributed by atoms with Crippen LogP contribution in [0.3, 0.4) is 0 Å². The van der Waals surface area contributed by atoms with E-state index in [1.807, 2.05) is 18.2 Å².